The van der Waals surface area contributed by atoms with Crippen LogP contribution in [0.15, 0.2) is 48.5 Å². The molecule has 2 fully saturated rings. The molecular weight excluding hydrogens is 331 g/mol. The summed E-state index contributed by atoms with van der Waals surface area (Å²) in [5, 5.41) is 6.34. The standard InChI is InChI=1S/C21H23FN2O2/c22-16-4-3-5-17(12-16)26-19-7-2-1-6-18(19)23-13-20(25)24-21(14-8-9-14)15-10-11-15/h1-7,12,14-15,21,23H,8-11,13H2,(H,24,25). The molecule has 0 atom stereocenters. The first-order valence-corrected chi connectivity index (χ1v) is 9.25. The number of halogens is 1. The van der Waals surface area contributed by atoms with E-state index >= 15 is 0 Å². The Hall–Kier alpha value is -2.56. The highest BCUT2D eigenvalue weighted by Gasteiger charge is 2.42. The largest absolute Gasteiger partial charge is 0.455 e. The zero-order valence-corrected chi connectivity index (χ0v) is 14.6. The van der Waals surface area contributed by atoms with Gasteiger partial charge in [-0.1, -0.05) is 18.2 Å². The van der Waals surface area contributed by atoms with Crippen molar-refractivity contribution in [3.8, 4) is 11.5 Å². The van der Waals surface area contributed by atoms with E-state index in [4.69, 9.17) is 4.74 Å². The number of carbonyl (C=O) groups is 1. The molecule has 0 bridgehead atoms. The van der Waals surface area contributed by atoms with Crippen LogP contribution in [0.25, 0.3) is 0 Å². The Bertz CT molecular complexity index is 775. The summed E-state index contributed by atoms with van der Waals surface area (Å²) in [4.78, 5) is 12.3. The Morgan fingerprint density at radius 3 is 2.50 bits per heavy atom. The van der Waals surface area contributed by atoms with Gasteiger partial charge in [0.15, 0.2) is 5.75 Å². The van der Waals surface area contributed by atoms with Gasteiger partial charge in [0.05, 0.1) is 12.2 Å². The predicted octanol–water partition coefficient (Wildman–Crippen LogP) is 4.33. The van der Waals surface area contributed by atoms with E-state index in [1.54, 1.807) is 18.2 Å². The molecule has 0 heterocycles. The van der Waals surface area contributed by atoms with E-state index in [0.29, 0.717) is 35.1 Å². The van der Waals surface area contributed by atoms with Crippen LogP contribution in [0.1, 0.15) is 25.7 Å². The van der Waals surface area contributed by atoms with Gasteiger partial charge in [-0.25, -0.2) is 4.39 Å². The van der Waals surface area contributed by atoms with Gasteiger partial charge in [-0.05, 0) is 61.8 Å². The molecule has 4 rings (SSSR count). The van der Waals surface area contributed by atoms with Crippen molar-refractivity contribution in [2.75, 3.05) is 11.9 Å². The Morgan fingerprint density at radius 2 is 1.81 bits per heavy atom. The van der Waals surface area contributed by atoms with Gasteiger partial charge in [-0.3, -0.25) is 4.79 Å². The Labute approximate surface area is 152 Å². The lowest BCUT2D eigenvalue weighted by Crippen LogP contribution is -2.41. The number of nitrogens with one attached hydrogen (secondary N) is 2. The molecule has 0 radical (unpaired) electrons. The molecule has 26 heavy (non-hydrogen) atoms. The number of benzene rings is 2. The number of ether oxygens (including phenoxy) is 1. The summed E-state index contributed by atoms with van der Waals surface area (Å²) in [6.07, 6.45) is 4.94. The average Bonchev–Trinajstić information content (AvgIpc) is 3.53. The first-order valence-electron chi connectivity index (χ1n) is 9.25. The van der Waals surface area contributed by atoms with E-state index in [2.05, 4.69) is 10.6 Å². The molecule has 2 aromatic rings. The topological polar surface area (TPSA) is 50.4 Å². The Morgan fingerprint density at radius 1 is 1.08 bits per heavy atom. The van der Waals surface area contributed by atoms with Gasteiger partial charge >= 0.3 is 0 Å². The van der Waals surface area contributed by atoms with E-state index in [0.717, 1.165) is 0 Å². The van der Waals surface area contributed by atoms with Crippen LogP contribution in [0, 0.1) is 17.7 Å². The van der Waals surface area contributed by atoms with Crippen LogP contribution < -0.4 is 15.4 Å². The summed E-state index contributed by atoms with van der Waals surface area (Å²) in [5.41, 5.74) is 0.710. The highest BCUT2D eigenvalue weighted by molar-refractivity contribution is 5.81. The van der Waals surface area contributed by atoms with Crippen molar-refractivity contribution in [3.05, 3.63) is 54.3 Å². The molecule has 0 spiro atoms. The first-order chi connectivity index (χ1) is 12.7. The zero-order chi connectivity index (χ0) is 17.9. The van der Waals surface area contributed by atoms with Crippen molar-refractivity contribution in [2.24, 2.45) is 11.8 Å². The fourth-order valence-electron chi connectivity index (χ4n) is 3.30. The predicted molar refractivity (Wildman–Crippen MR) is 98.8 cm³/mol. The van der Waals surface area contributed by atoms with Gasteiger partial charge < -0.3 is 15.4 Å². The lowest BCUT2D eigenvalue weighted by molar-refractivity contribution is -0.120. The quantitative estimate of drug-likeness (QED) is 0.742. The Kier molecular flexibility index (Phi) is 4.78. The van der Waals surface area contributed by atoms with Gasteiger partial charge in [0, 0.05) is 12.1 Å². The first kappa shape index (κ1) is 16.9. The highest BCUT2D eigenvalue weighted by Crippen LogP contribution is 2.44. The molecule has 2 aliphatic carbocycles. The number of rotatable bonds is 8. The number of para-hydroxylation sites is 2. The molecular formula is C21H23FN2O2. The number of hydrogen-bond donors (Lipinski definition) is 2. The summed E-state index contributed by atoms with van der Waals surface area (Å²) >= 11 is 0. The number of amides is 1. The van der Waals surface area contributed by atoms with Gasteiger partial charge in [0.25, 0.3) is 0 Å². The number of carbonyl (C=O) groups excluding carboxylic acids is 1. The molecule has 2 N–H and O–H groups in total. The normalized spacial score (nSPS) is 16.4. The minimum atomic E-state index is -0.349. The van der Waals surface area contributed by atoms with Crippen LogP contribution in [0.4, 0.5) is 10.1 Å². The lowest BCUT2D eigenvalue weighted by atomic mass is 10.1. The van der Waals surface area contributed by atoms with E-state index < -0.39 is 0 Å². The van der Waals surface area contributed by atoms with Crippen molar-refractivity contribution >= 4 is 11.6 Å². The maximum absolute atomic E-state index is 13.3. The van der Waals surface area contributed by atoms with Crippen molar-refractivity contribution in [1.29, 1.82) is 0 Å². The average molecular weight is 354 g/mol. The molecule has 2 aromatic carbocycles. The van der Waals surface area contributed by atoms with Crippen molar-refractivity contribution in [3.63, 3.8) is 0 Å². The minimum absolute atomic E-state index is 0.00867. The van der Waals surface area contributed by atoms with Crippen LogP contribution in [0.3, 0.4) is 0 Å². The second-order valence-corrected chi connectivity index (χ2v) is 7.18. The molecule has 2 aliphatic rings. The molecule has 0 aliphatic heterocycles. The van der Waals surface area contributed by atoms with E-state index in [9.17, 15) is 9.18 Å². The van der Waals surface area contributed by atoms with Crippen LogP contribution in [-0.2, 0) is 4.79 Å². The van der Waals surface area contributed by atoms with E-state index in [-0.39, 0.29) is 18.3 Å². The smallest absolute Gasteiger partial charge is 0.239 e. The van der Waals surface area contributed by atoms with Gasteiger partial charge in [-0.2, -0.15) is 0 Å². The molecule has 4 nitrogen and oxygen atoms in total. The molecule has 0 unspecified atom stereocenters. The molecule has 0 saturated heterocycles. The summed E-state index contributed by atoms with van der Waals surface area (Å²) in [7, 11) is 0. The summed E-state index contributed by atoms with van der Waals surface area (Å²) in [5.74, 6) is 2.00. The van der Waals surface area contributed by atoms with Crippen LogP contribution in [0.2, 0.25) is 0 Å². The Balaban J connectivity index is 1.36. The highest BCUT2D eigenvalue weighted by atomic mass is 19.1. The second-order valence-electron chi connectivity index (χ2n) is 7.18. The van der Waals surface area contributed by atoms with Crippen molar-refractivity contribution in [1.82, 2.24) is 5.32 Å². The maximum Gasteiger partial charge on any atom is 0.239 e. The summed E-state index contributed by atoms with van der Waals surface area (Å²) in [6, 6.07) is 13.7. The molecule has 0 aromatic heterocycles. The third-order valence-electron chi connectivity index (χ3n) is 4.94. The SMILES string of the molecule is O=C(CNc1ccccc1Oc1cccc(F)c1)NC(C1CC1)C1CC1. The molecule has 5 heteroatoms. The van der Waals surface area contributed by atoms with E-state index in [1.165, 1.54) is 37.8 Å². The fourth-order valence-corrected chi connectivity index (χ4v) is 3.30. The van der Waals surface area contributed by atoms with E-state index in [1.807, 2.05) is 18.2 Å². The lowest BCUT2D eigenvalue weighted by Gasteiger charge is -2.18. The molecule has 136 valence electrons. The van der Waals surface area contributed by atoms with Crippen LogP contribution in [0.5, 0.6) is 11.5 Å². The zero-order valence-electron chi connectivity index (χ0n) is 14.6. The monoisotopic (exact) mass is 354 g/mol. The van der Waals surface area contributed by atoms with Gasteiger partial charge in [-0.15, -0.1) is 0 Å². The third-order valence-corrected chi connectivity index (χ3v) is 4.94. The third kappa shape index (κ3) is 4.34. The van der Waals surface area contributed by atoms with Crippen molar-refractivity contribution in [2.45, 2.75) is 31.7 Å². The number of anilines is 1. The molecule has 1 amide bonds. The second kappa shape index (κ2) is 7.36. The fraction of sp³-hybridized carbons (Fsp3) is 0.381. The van der Waals surface area contributed by atoms with Crippen LogP contribution in [-0.4, -0.2) is 18.5 Å². The summed E-state index contributed by atoms with van der Waals surface area (Å²) < 4.78 is 19.1. The van der Waals surface area contributed by atoms with Crippen LogP contribution >= 0.6 is 0 Å². The van der Waals surface area contributed by atoms with Gasteiger partial charge in [0.1, 0.15) is 11.6 Å². The number of hydrogen-bond acceptors (Lipinski definition) is 3. The summed E-state index contributed by atoms with van der Waals surface area (Å²) in [6.45, 7) is 0.194. The minimum Gasteiger partial charge on any atom is -0.455 e. The van der Waals surface area contributed by atoms with Gasteiger partial charge in [0.2, 0.25) is 5.91 Å². The molecule has 2 saturated carbocycles. The maximum atomic E-state index is 13.3. The van der Waals surface area contributed by atoms with Crippen molar-refractivity contribution < 1.29 is 13.9 Å².